The molecule has 0 aromatic rings. The maximum Gasteiger partial charge on any atom is 0.0369 e. The lowest BCUT2D eigenvalue weighted by molar-refractivity contribution is 0.643. The van der Waals surface area contributed by atoms with Crippen molar-refractivity contribution in [1.82, 2.24) is 0 Å². The number of allylic oxidation sites excluding steroid dienone is 4. The molecule has 0 aliphatic carbocycles. The third-order valence-electron chi connectivity index (χ3n) is 2.18. The Morgan fingerprint density at radius 1 is 1.18 bits per heavy atom. The van der Waals surface area contributed by atoms with Gasteiger partial charge in [0, 0.05) is 17.3 Å². The molecule has 0 amide bonds. The fraction of sp³-hybridized carbons (Fsp3) is 0.500. The van der Waals surface area contributed by atoms with Crippen molar-refractivity contribution in [3.05, 3.63) is 23.4 Å². The highest BCUT2D eigenvalue weighted by atomic mass is 14.7. The molecule has 0 fully saturated rings. The van der Waals surface area contributed by atoms with Gasteiger partial charge >= 0.3 is 0 Å². The summed E-state index contributed by atoms with van der Waals surface area (Å²) in [5, 5.41) is 0. The lowest BCUT2D eigenvalue weighted by Crippen LogP contribution is -2.13. The number of nitrogens with zero attached hydrogens (tertiary/aromatic N) is 1. The van der Waals surface area contributed by atoms with E-state index in [2.05, 4.69) is 37.9 Å². The van der Waals surface area contributed by atoms with Crippen molar-refractivity contribution in [3.63, 3.8) is 0 Å². The van der Waals surface area contributed by atoms with Crippen LogP contribution in [-0.2, 0) is 0 Å². The van der Waals surface area contributed by atoms with Crippen LogP contribution in [0.5, 0.6) is 0 Å². The zero-order valence-corrected chi connectivity index (χ0v) is 7.68. The van der Waals surface area contributed by atoms with Gasteiger partial charge in [-0.15, -0.1) is 0 Å². The summed E-state index contributed by atoms with van der Waals surface area (Å²) in [6.07, 6.45) is 6.21. The fourth-order valence-corrected chi connectivity index (χ4v) is 0.868. The molecule has 0 aromatic heterocycles. The fourth-order valence-electron chi connectivity index (χ4n) is 0.868. The van der Waals surface area contributed by atoms with Crippen molar-refractivity contribution < 1.29 is 0 Å². The van der Waals surface area contributed by atoms with Gasteiger partial charge in [-0.1, -0.05) is 25.5 Å². The molecular formula is C10H15N. The van der Waals surface area contributed by atoms with Crippen LogP contribution in [0.3, 0.4) is 0 Å². The van der Waals surface area contributed by atoms with Gasteiger partial charge in [0.1, 0.15) is 0 Å². The average Bonchev–Trinajstić information content (AvgIpc) is 2.03. The van der Waals surface area contributed by atoms with Crippen LogP contribution in [0.15, 0.2) is 28.4 Å². The van der Waals surface area contributed by atoms with E-state index >= 15 is 0 Å². The van der Waals surface area contributed by atoms with Crippen molar-refractivity contribution in [3.8, 4) is 0 Å². The molecule has 0 bridgehead atoms. The highest BCUT2D eigenvalue weighted by Crippen LogP contribution is 2.25. The van der Waals surface area contributed by atoms with E-state index in [1.165, 1.54) is 5.57 Å². The van der Waals surface area contributed by atoms with Crippen LogP contribution in [-0.4, -0.2) is 6.21 Å². The van der Waals surface area contributed by atoms with Crippen molar-refractivity contribution in [1.29, 1.82) is 0 Å². The van der Waals surface area contributed by atoms with Crippen LogP contribution in [0.2, 0.25) is 0 Å². The Morgan fingerprint density at radius 2 is 1.82 bits per heavy atom. The van der Waals surface area contributed by atoms with Crippen LogP contribution in [0.4, 0.5) is 0 Å². The highest BCUT2D eigenvalue weighted by molar-refractivity contribution is 5.71. The second-order valence-corrected chi connectivity index (χ2v) is 3.64. The Hall–Kier alpha value is -0.850. The van der Waals surface area contributed by atoms with Crippen LogP contribution in [0, 0.1) is 5.41 Å². The molecule has 0 spiro atoms. The maximum atomic E-state index is 4.31. The van der Waals surface area contributed by atoms with Crippen LogP contribution < -0.4 is 0 Å². The lowest BCUT2D eigenvalue weighted by atomic mass is 9.86. The molecule has 1 heteroatoms. The molecule has 0 N–H and O–H groups in total. The second-order valence-electron chi connectivity index (χ2n) is 3.64. The lowest BCUT2D eigenvalue weighted by Gasteiger charge is -2.18. The van der Waals surface area contributed by atoms with Crippen LogP contribution >= 0.6 is 0 Å². The Morgan fingerprint density at radius 3 is 2.45 bits per heavy atom. The largest absolute Gasteiger partial charge is 0.265 e. The van der Waals surface area contributed by atoms with Gasteiger partial charge in [0.25, 0.3) is 0 Å². The first-order valence-electron chi connectivity index (χ1n) is 3.93. The van der Waals surface area contributed by atoms with E-state index in [4.69, 9.17) is 0 Å². The van der Waals surface area contributed by atoms with E-state index in [0.29, 0.717) is 0 Å². The first-order chi connectivity index (χ1) is 5.02. The molecule has 1 aliphatic heterocycles. The van der Waals surface area contributed by atoms with Crippen molar-refractivity contribution >= 4 is 6.21 Å². The zero-order chi connectivity index (χ0) is 8.48. The number of hydrogen-bond donors (Lipinski definition) is 0. The molecule has 60 valence electrons. The minimum absolute atomic E-state index is 0.119. The molecule has 0 unspecified atom stereocenters. The predicted molar refractivity (Wildman–Crippen MR) is 49.8 cm³/mol. The summed E-state index contributed by atoms with van der Waals surface area (Å²) in [7, 11) is 0. The van der Waals surface area contributed by atoms with Crippen LogP contribution in [0.1, 0.15) is 27.7 Å². The summed E-state index contributed by atoms with van der Waals surface area (Å²) >= 11 is 0. The Kier molecular flexibility index (Phi) is 1.99. The third-order valence-corrected chi connectivity index (χ3v) is 2.18. The minimum Gasteiger partial charge on any atom is -0.265 e. The Balaban J connectivity index is 3.03. The molecule has 0 saturated heterocycles. The van der Waals surface area contributed by atoms with Crippen molar-refractivity contribution in [2.45, 2.75) is 27.7 Å². The monoisotopic (exact) mass is 149 g/mol. The van der Waals surface area contributed by atoms with Crippen LogP contribution in [0.25, 0.3) is 0 Å². The van der Waals surface area contributed by atoms with Gasteiger partial charge in [0.15, 0.2) is 0 Å². The second kappa shape index (κ2) is 2.65. The number of aliphatic imine (C=N–C) groups is 1. The molecule has 1 heterocycles. The van der Waals surface area contributed by atoms with Gasteiger partial charge in [0.05, 0.1) is 0 Å². The maximum absolute atomic E-state index is 4.31. The Bertz CT molecular complexity index is 242. The number of rotatable bonds is 0. The standard InChI is InChI=1S/C10H15N/c1-8-5-6-9(2)11-7-10(8,3)4/h5-7H,1-4H3. The Labute approximate surface area is 68.5 Å². The molecule has 1 nitrogen and oxygen atoms in total. The van der Waals surface area contributed by atoms with Gasteiger partial charge in [-0.3, -0.25) is 4.99 Å². The molecule has 1 aliphatic rings. The van der Waals surface area contributed by atoms with E-state index in [0.717, 1.165) is 5.70 Å². The third kappa shape index (κ3) is 1.79. The zero-order valence-electron chi connectivity index (χ0n) is 7.68. The van der Waals surface area contributed by atoms with E-state index in [1.54, 1.807) is 0 Å². The van der Waals surface area contributed by atoms with E-state index in [-0.39, 0.29) is 5.41 Å². The van der Waals surface area contributed by atoms with Gasteiger partial charge in [0.2, 0.25) is 0 Å². The van der Waals surface area contributed by atoms with E-state index < -0.39 is 0 Å². The molecule has 1 rings (SSSR count). The quantitative estimate of drug-likeness (QED) is 0.502. The van der Waals surface area contributed by atoms with Gasteiger partial charge in [-0.2, -0.15) is 0 Å². The summed E-state index contributed by atoms with van der Waals surface area (Å²) in [6, 6.07) is 0. The minimum atomic E-state index is 0.119. The SMILES string of the molecule is CC1=CC=C(C)C(C)(C)C=N1. The first-order valence-corrected chi connectivity index (χ1v) is 3.93. The first kappa shape index (κ1) is 8.25. The highest BCUT2D eigenvalue weighted by Gasteiger charge is 2.17. The molecule has 11 heavy (non-hydrogen) atoms. The van der Waals surface area contributed by atoms with Gasteiger partial charge in [-0.25, -0.2) is 0 Å². The topological polar surface area (TPSA) is 12.4 Å². The summed E-state index contributed by atoms with van der Waals surface area (Å²) in [5.41, 5.74) is 2.56. The smallest absolute Gasteiger partial charge is 0.0369 e. The summed E-state index contributed by atoms with van der Waals surface area (Å²) in [5.74, 6) is 0. The summed E-state index contributed by atoms with van der Waals surface area (Å²) in [4.78, 5) is 4.31. The predicted octanol–water partition coefficient (Wildman–Crippen LogP) is 2.95. The summed E-state index contributed by atoms with van der Waals surface area (Å²) < 4.78 is 0. The molecule has 0 saturated carbocycles. The normalized spacial score (nSPS) is 22.2. The van der Waals surface area contributed by atoms with Gasteiger partial charge < -0.3 is 0 Å². The van der Waals surface area contributed by atoms with E-state index in [9.17, 15) is 0 Å². The van der Waals surface area contributed by atoms with Crippen molar-refractivity contribution in [2.24, 2.45) is 10.4 Å². The summed E-state index contributed by atoms with van der Waals surface area (Å²) in [6.45, 7) is 8.51. The van der Waals surface area contributed by atoms with Gasteiger partial charge in [-0.05, 0) is 19.9 Å². The molecule has 0 radical (unpaired) electrons. The van der Waals surface area contributed by atoms with Crippen molar-refractivity contribution in [2.75, 3.05) is 0 Å². The van der Waals surface area contributed by atoms with E-state index in [1.807, 2.05) is 13.1 Å². The molecule has 0 aromatic carbocycles. The average molecular weight is 149 g/mol. The molecule has 0 atom stereocenters. The molecular weight excluding hydrogens is 134 g/mol. The number of hydrogen-bond acceptors (Lipinski definition) is 1.